The largest absolute Gasteiger partial charge is 0.359 e. The Morgan fingerprint density at radius 2 is 1.95 bits per heavy atom. The summed E-state index contributed by atoms with van der Waals surface area (Å²) < 4.78 is 0. The molecular formula is C16H15NO4. The van der Waals surface area contributed by atoms with E-state index in [9.17, 15) is 19.8 Å². The van der Waals surface area contributed by atoms with Crippen LogP contribution in [-0.4, -0.2) is 32.6 Å². The molecule has 0 spiro atoms. The van der Waals surface area contributed by atoms with Gasteiger partial charge in [-0.2, -0.15) is 0 Å². The maximum absolute atomic E-state index is 12.3. The first-order valence-electron chi connectivity index (χ1n) is 6.78. The Balaban J connectivity index is 2.29. The molecule has 0 fully saturated rings. The first-order chi connectivity index (χ1) is 9.94. The van der Waals surface area contributed by atoms with Crippen LogP contribution in [0.25, 0.3) is 16.5 Å². The predicted octanol–water partition coefficient (Wildman–Crippen LogP) is 1.34. The SMILES string of the molecule is CCc1[nH]c2ccccc2c1C1=CC(=O)CC(O)(O)C1=O. The number of H-pyrrole nitrogens is 1. The maximum Gasteiger partial charge on any atom is 0.236 e. The lowest BCUT2D eigenvalue weighted by atomic mass is 9.86. The lowest BCUT2D eigenvalue weighted by Gasteiger charge is -2.24. The second kappa shape index (κ2) is 4.65. The molecule has 5 nitrogen and oxygen atoms in total. The number of aliphatic hydroxyl groups is 2. The molecule has 0 amide bonds. The van der Waals surface area contributed by atoms with E-state index in [0.717, 1.165) is 16.6 Å². The van der Waals surface area contributed by atoms with Crippen LogP contribution in [0.5, 0.6) is 0 Å². The van der Waals surface area contributed by atoms with E-state index in [1.165, 1.54) is 6.08 Å². The number of carbonyl (C=O) groups is 2. The Bertz CT molecular complexity index is 783. The van der Waals surface area contributed by atoms with E-state index in [2.05, 4.69) is 4.98 Å². The van der Waals surface area contributed by atoms with Crippen molar-refractivity contribution in [2.75, 3.05) is 0 Å². The summed E-state index contributed by atoms with van der Waals surface area (Å²) in [6, 6.07) is 7.41. The summed E-state index contributed by atoms with van der Waals surface area (Å²) in [5.74, 6) is -3.92. The van der Waals surface area contributed by atoms with Crippen LogP contribution in [0.2, 0.25) is 0 Å². The Hall–Kier alpha value is -2.24. The molecule has 1 heterocycles. The van der Waals surface area contributed by atoms with Gasteiger partial charge in [0.05, 0.1) is 6.42 Å². The monoisotopic (exact) mass is 285 g/mol. The van der Waals surface area contributed by atoms with Crippen molar-refractivity contribution in [3.63, 3.8) is 0 Å². The third kappa shape index (κ3) is 2.11. The third-order valence-electron chi connectivity index (χ3n) is 3.74. The average molecular weight is 285 g/mol. The summed E-state index contributed by atoms with van der Waals surface area (Å²) >= 11 is 0. The minimum absolute atomic E-state index is 0.0607. The number of aromatic amines is 1. The van der Waals surface area contributed by atoms with Crippen LogP contribution in [0.15, 0.2) is 30.3 Å². The number of para-hydroxylation sites is 1. The van der Waals surface area contributed by atoms with Crippen LogP contribution in [0.4, 0.5) is 0 Å². The molecule has 1 aliphatic carbocycles. The van der Waals surface area contributed by atoms with E-state index in [4.69, 9.17) is 0 Å². The summed E-state index contributed by atoms with van der Waals surface area (Å²) in [6.07, 6.45) is 1.24. The van der Waals surface area contributed by atoms with Gasteiger partial charge in [-0.3, -0.25) is 9.59 Å². The van der Waals surface area contributed by atoms with Gasteiger partial charge in [-0.05, 0) is 18.6 Å². The number of hydrogen-bond donors (Lipinski definition) is 3. The number of carbonyl (C=O) groups excluding carboxylic acids is 2. The molecule has 21 heavy (non-hydrogen) atoms. The van der Waals surface area contributed by atoms with Crippen LogP contribution < -0.4 is 0 Å². The summed E-state index contributed by atoms with van der Waals surface area (Å²) in [5.41, 5.74) is 2.28. The summed E-state index contributed by atoms with van der Waals surface area (Å²) in [6.45, 7) is 1.93. The predicted molar refractivity (Wildman–Crippen MR) is 77.5 cm³/mol. The number of aryl methyl sites for hydroxylation is 1. The zero-order chi connectivity index (χ0) is 15.2. The Kier molecular flexibility index (Phi) is 3.04. The van der Waals surface area contributed by atoms with Crippen LogP contribution in [0, 0.1) is 0 Å². The second-order valence-electron chi connectivity index (χ2n) is 5.22. The van der Waals surface area contributed by atoms with Gasteiger partial charge in [0.15, 0.2) is 5.78 Å². The van der Waals surface area contributed by atoms with E-state index in [0.29, 0.717) is 12.0 Å². The fraction of sp³-hybridized carbons (Fsp3) is 0.250. The van der Waals surface area contributed by atoms with Gasteiger partial charge in [0.2, 0.25) is 11.6 Å². The first-order valence-corrected chi connectivity index (χ1v) is 6.78. The molecule has 0 unspecified atom stereocenters. The molecule has 5 heteroatoms. The van der Waals surface area contributed by atoms with Gasteiger partial charge in [0.1, 0.15) is 0 Å². The lowest BCUT2D eigenvalue weighted by Crippen LogP contribution is -2.43. The molecule has 0 atom stereocenters. The molecule has 0 saturated carbocycles. The molecule has 1 aromatic carbocycles. The number of nitrogens with one attached hydrogen (secondary N) is 1. The third-order valence-corrected chi connectivity index (χ3v) is 3.74. The van der Waals surface area contributed by atoms with Crippen molar-refractivity contribution in [1.82, 2.24) is 4.98 Å². The van der Waals surface area contributed by atoms with Gasteiger partial charge >= 0.3 is 0 Å². The van der Waals surface area contributed by atoms with E-state index in [1.807, 2.05) is 31.2 Å². The van der Waals surface area contributed by atoms with E-state index >= 15 is 0 Å². The molecule has 0 radical (unpaired) electrons. The second-order valence-corrected chi connectivity index (χ2v) is 5.22. The number of hydrogen-bond acceptors (Lipinski definition) is 4. The highest BCUT2D eigenvalue weighted by Gasteiger charge is 2.42. The highest BCUT2D eigenvalue weighted by Crippen LogP contribution is 2.34. The fourth-order valence-electron chi connectivity index (χ4n) is 2.77. The zero-order valence-corrected chi connectivity index (χ0v) is 11.5. The number of fused-ring (bicyclic) bond motifs is 1. The number of allylic oxidation sites excluding steroid dienone is 1. The Morgan fingerprint density at radius 1 is 1.24 bits per heavy atom. The molecule has 2 aromatic rings. The number of ketones is 2. The van der Waals surface area contributed by atoms with Crippen molar-refractivity contribution in [1.29, 1.82) is 0 Å². The number of aromatic nitrogens is 1. The molecule has 0 bridgehead atoms. The minimum Gasteiger partial charge on any atom is -0.359 e. The molecule has 108 valence electrons. The fourth-order valence-corrected chi connectivity index (χ4v) is 2.77. The topological polar surface area (TPSA) is 90.4 Å². The van der Waals surface area contributed by atoms with Gasteiger partial charge in [0.25, 0.3) is 0 Å². The Labute approximate surface area is 120 Å². The summed E-state index contributed by atoms with van der Waals surface area (Å²) in [4.78, 5) is 27.2. The quantitative estimate of drug-likeness (QED) is 0.726. The van der Waals surface area contributed by atoms with Gasteiger partial charge in [0, 0.05) is 27.7 Å². The number of Topliss-reactive ketones (excluding diaryl/α,β-unsaturated/α-hetero) is 1. The van der Waals surface area contributed by atoms with Crippen molar-refractivity contribution in [3.8, 4) is 0 Å². The van der Waals surface area contributed by atoms with E-state index in [-0.39, 0.29) is 5.57 Å². The summed E-state index contributed by atoms with van der Waals surface area (Å²) in [7, 11) is 0. The van der Waals surface area contributed by atoms with Gasteiger partial charge in [-0.1, -0.05) is 25.1 Å². The normalized spacial score (nSPS) is 18.1. The molecule has 0 aliphatic heterocycles. The molecule has 1 aliphatic rings. The first kappa shape index (κ1) is 13.7. The number of benzene rings is 1. The van der Waals surface area contributed by atoms with Crippen LogP contribution >= 0.6 is 0 Å². The van der Waals surface area contributed by atoms with Crippen molar-refractivity contribution in [2.45, 2.75) is 25.6 Å². The van der Waals surface area contributed by atoms with Crippen molar-refractivity contribution in [3.05, 3.63) is 41.6 Å². The van der Waals surface area contributed by atoms with Crippen LogP contribution in [-0.2, 0) is 16.0 Å². The average Bonchev–Trinajstić information content (AvgIpc) is 2.80. The Morgan fingerprint density at radius 3 is 2.67 bits per heavy atom. The van der Waals surface area contributed by atoms with Crippen molar-refractivity contribution in [2.24, 2.45) is 0 Å². The molecule has 3 rings (SSSR count). The van der Waals surface area contributed by atoms with E-state index in [1.54, 1.807) is 0 Å². The molecular weight excluding hydrogens is 270 g/mol. The standard InChI is InChI=1S/C16H15NO4/c1-2-12-14(10-5-3-4-6-13(10)17-12)11-7-9(18)8-16(20,21)15(11)19/h3-7,17,20-21H,2,8H2,1H3. The minimum atomic E-state index is -2.62. The maximum atomic E-state index is 12.3. The van der Waals surface area contributed by atoms with Crippen LogP contribution in [0.1, 0.15) is 24.6 Å². The lowest BCUT2D eigenvalue weighted by molar-refractivity contribution is -0.181. The zero-order valence-electron chi connectivity index (χ0n) is 11.5. The van der Waals surface area contributed by atoms with Crippen molar-refractivity contribution >= 4 is 28.0 Å². The van der Waals surface area contributed by atoms with Gasteiger partial charge < -0.3 is 15.2 Å². The highest BCUT2D eigenvalue weighted by atomic mass is 16.5. The van der Waals surface area contributed by atoms with Gasteiger partial charge in [-0.15, -0.1) is 0 Å². The molecule has 0 saturated heterocycles. The molecule has 3 N–H and O–H groups in total. The van der Waals surface area contributed by atoms with Crippen LogP contribution in [0.3, 0.4) is 0 Å². The smallest absolute Gasteiger partial charge is 0.236 e. The van der Waals surface area contributed by atoms with Crippen molar-refractivity contribution < 1.29 is 19.8 Å². The highest BCUT2D eigenvalue weighted by molar-refractivity contribution is 6.33. The van der Waals surface area contributed by atoms with E-state index < -0.39 is 23.8 Å². The molecule has 1 aromatic heterocycles. The van der Waals surface area contributed by atoms with Gasteiger partial charge in [-0.25, -0.2) is 0 Å². The number of rotatable bonds is 2. The summed E-state index contributed by atoms with van der Waals surface area (Å²) in [5, 5.41) is 20.3.